The van der Waals surface area contributed by atoms with Gasteiger partial charge < -0.3 is 25.3 Å². The molecule has 9 heteroatoms. The molecule has 0 radical (unpaired) electrons. The number of pyridine rings is 1. The first-order valence-corrected chi connectivity index (χ1v) is 13.0. The molecule has 2 aromatic heterocycles. The fraction of sp³-hybridized carbons (Fsp3) is 0.286. The Balaban J connectivity index is 1.57. The molecule has 2 aromatic carbocycles. The van der Waals surface area contributed by atoms with Gasteiger partial charge in [0.2, 0.25) is 0 Å². The quantitative estimate of drug-likeness (QED) is 0.359. The van der Waals surface area contributed by atoms with Gasteiger partial charge in [0.05, 0.1) is 38.8 Å². The van der Waals surface area contributed by atoms with Crippen molar-refractivity contribution in [3.63, 3.8) is 0 Å². The van der Waals surface area contributed by atoms with Crippen LogP contribution in [0.3, 0.4) is 0 Å². The molecule has 3 heterocycles. The van der Waals surface area contributed by atoms with Crippen LogP contribution in [0.5, 0.6) is 11.5 Å². The number of carbonyl (C=O) groups excluding carboxylic acids is 1. The summed E-state index contributed by atoms with van der Waals surface area (Å²) in [5.74, 6) is 1.17. The summed E-state index contributed by atoms with van der Waals surface area (Å²) in [6, 6.07) is 17.6. The molecule has 1 saturated heterocycles. The summed E-state index contributed by atoms with van der Waals surface area (Å²) >= 11 is 1.31. The van der Waals surface area contributed by atoms with E-state index in [9.17, 15) is 4.79 Å². The van der Waals surface area contributed by atoms with E-state index in [1.54, 1.807) is 14.2 Å². The standard InChI is InChI=1S/C28H30N4O4S/c1-34-19-8-9-23(35-2)20(16-19)21-17-22(18-6-4-3-5-7-18)31-28-24(21)25(29)26(37-28)27(33)30-10-11-32-12-14-36-15-13-32/h3-9,16-17H,10-15,29H2,1-2H3,(H,30,33). The Hall–Kier alpha value is -3.66. The fourth-order valence-corrected chi connectivity index (χ4v) is 5.55. The summed E-state index contributed by atoms with van der Waals surface area (Å²) in [6.07, 6.45) is 0. The molecule has 4 aromatic rings. The highest BCUT2D eigenvalue weighted by molar-refractivity contribution is 7.21. The van der Waals surface area contributed by atoms with Gasteiger partial charge in [0.25, 0.3) is 5.91 Å². The number of amides is 1. The topological polar surface area (TPSA) is 98.9 Å². The smallest absolute Gasteiger partial charge is 0.263 e. The van der Waals surface area contributed by atoms with E-state index < -0.39 is 0 Å². The Labute approximate surface area is 220 Å². The molecule has 0 aliphatic carbocycles. The van der Waals surface area contributed by atoms with Gasteiger partial charge in [-0.2, -0.15) is 0 Å². The number of carbonyl (C=O) groups is 1. The highest BCUT2D eigenvalue weighted by atomic mass is 32.1. The van der Waals surface area contributed by atoms with Crippen molar-refractivity contribution in [2.45, 2.75) is 0 Å². The molecule has 0 unspecified atom stereocenters. The van der Waals surface area contributed by atoms with Crippen molar-refractivity contribution in [2.75, 3.05) is 59.3 Å². The number of methoxy groups -OCH3 is 2. The van der Waals surface area contributed by atoms with Gasteiger partial charge in [-0.3, -0.25) is 9.69 Å². The summed E-state index contributed by atoms with van der Waals surface area (Å²) in [4.78, 5) is 21.5. The zero-order valence-corrected chi connectivity index (χ0v) is 21.8. The first kappa shape index (κ1) is 25.0. The number of rotatable bonds is 8. The van der Waals surface area contributed by atoms with E-state index in [0.717, 1.165) is 60.6 Å². The molecule has 0 bridgehead atoms. The van der Waals surface area contributed by atoms with Crippen molar-refractivity contribution in [3.8, 4) is 33.9 Å². The van der Waals surface area contributed by atoms with Crippen LogP contribution in [0.15, 0.2) is 54.6 Å². The van der Waals surface area contributed by atoms with Crippen molar-refractivity contribution < 1.29 is 19.0 Å². The lowest BCUT2D eigenvalue weighted by molar-refractivity contribution is 0.0383. The van der Waals surface area contributed by atoms with E-state index in [0.29, 0.717) is 33.4 Å². The number of ether oxygens (including phenoxy) is 3. The number of nitrogens with two attached hydrogens (primary N) is 1. The molecule has 8 nitrogen and oxygen atoms in total. The Kier molecular flexibility index (Phi) is 7.55. The molecule has 37 heavy (non-hydrogen) atoms. The van der Waals surface area contributed by atoms with Crippen LogP contribution in [0.1, 0.15) is 9.67 Å². The number of benzene rings is 2. The number of hydrogen-bond donors (Lipinski definition) is 2. The Morgan fingerprint density at radius 1 is 1.08 bits per heavy atom. The third-order valence-electron chi connectivity index (χ3n) is 6.49. The summed E-state index contributed by atoms with van der Waals surface area (Å²) < 4.78 is 16.6. The normalized spacial score (nSPS) is 14.0. The van der Waals surface area contributed by atoms with Crippen molar-refractivity contribution in [2.24, 2.45) is 0 Å². The maximum absolute atomic E-state index is 13.2. The second-order valence-electron chi connectivity index (χ2n) is 8.72. The van der Waals surface area contributed by atoms with Gasteiger partial charge in [0.15, 0.2) is 0 Å². The predicted molar refractivity (Wildman–Crippen MR) is 148 cm³/mol. The van der Waals surface area contributed by atoms with E-state index in [4.69, 9.17) is 24.9 Å². The Morgan fingerprint density at radius 3 is 2.59 bits per heavy atom. The lowest BCUT2D eigenvalue weighted by Gasteiger charge is -2.26. The van der Waals surface area contributed by atoms with Gasteiger partial charge in [0, 0.05) is 48.3 Å². The molecular weight excluding hydrogens is 488 g/mol. The zero-order chi connectivity index (χ0) is 25.8. The van der Waals surface area contributed by atoms with Crippen LogP contribution in [0.2, 0.25) is 0 Å². The third kappa shape index (κ3) is 5.24. The molecule has 1 fully saturated rings. The highest BCUT2D eigenvalue weighted by Crippen LogP contribution is 2.44. The summed E-state index contributed by atoms with van der Waals surface area (Å²) in [5, 5.41) is 3.76. The van der Waals surface area contributed by atoms with Crippen LogP contribution >= 0.6 is 11.3 Å². The molecule has 192 valence electrons. The van der Waals surface area contributed by atoms with Gasteiger partial charge >= 0.3 is 0 Å². The minimum Gasteiger partial charge on any atom is -0.497 e. The minimum atomic E-state index is -0.196. The highest BCUT2D eigenvalue weighted by Gasteiger charge is 2.23. The Bertz CT molecular complexity index is 1400. The van der Waals surface area contributed by atoms with Crippen molar-refractivity contribution in [1.82, 2.24) is 15.2 Å². The third-order valence-corrected chi connectivity index (χ3v) is 7.59. The van der Waals surface area contributed by atoms with E-state index in [1.165, 1.54) is 11.3 Å². The van der Waals surface area contributed by atoms with E-state index in [-0.39, 0.29) is 5.91 Å². The van der Waals surface area contributed by atoms with Crippen LogP contribution in [0, 0.1) is 0 Å². The number of thiophene rings is 1. The van der Waals surface area contributed by atoms with Crippen LogP contribution in [0.4, 0.5) is 5.69 Å². The molecule has 5 rings (SSSR count). The van der Waals surface area contributed by atoms with E-state index >= 15 is 0 Å². The van der Waals surface area contributed by atoms with Gasteiger partial charge in [-0.05, 0) is 24.3 Å². The number of nitrogens with one attached hydrogen (secondary N) is 1. The number of aromatic nitrogens is 1. The minimum absolute atomic E-state index is 0.196. The van der Waals surface area contributed by atoms with Crippen molar-refractivity contribution >= 4 is 33.1 Å². The molecule has 1 aliphatic rings. The maximum atomic E-state index is 13.2. The molecule has 0 spiro atoms. The maximum Gasteiger partial charge on any atom is 0.263 e. The van der Waals surface area contributed by atoms with Crippen molar-refractivity contribution in [1.29, 1.82) is 0 Å². The van der Waals surface area contributed by atoms with E-state index in [1.807, 2.05) is 54.6 Å². The number of hydrogen-bond acceptors (Lipinski definition) is 8. The fourth-order valence-electron chi connectivity index (χ4n) is 4.52. The molecule has 0 saturated carbocycles. The lowest BCUT2D eigenvalue weighted by atomic mass is 9.98. The first-order valence-electron chi connectivity index (χ1n) is 12.2. The largest absolute Gasteiger partial charge is 0.497 e. The first-order chi connectivity index (χ1) is 18.1. The summed E-state index contributed by atoms with van der Waals surface area (Å²) in [5.41, 5.74) is 10.5. The molecular formula is C28H30N4O4S. The van der Waals surface area contributed by atoms with Gasteiger partial charge in [-0.15, -0.1) is 11.3 Å². The van der Waals surface area contributed by atoms with Crippen LogP contribution < -0.4 is 20.5 Å². The SMILES string of the molecule is COc1ccc(OC)c(-c2cc(-c3ccccc3)nc3sc(C(=O)NCCN4CCOCC4)c(N)c23)c1. The van der Waals surface area contributed by atoms with Gasteiger partial charge in [-0.1, -0.05) is 30.3 Å². The second kappa shape index (κ2) is 11.2. The lowest BCUT2D eigenvalue weighted by Crippen LogP contribution is -2.41. The number of anilines is 1. The predicted octanol–water partition coefficient (Wildman–Crippen LogP) is 4.29. The number of nitrogens with zero attached hydrogens (tertiary/aromatic N) is 2. The Morgan fingerprint density at radius 2 is 1.86 bits per heavy atom. The summed E-state index contributed by atoms with van der Waals surface area (Å²) in [6.45, 7) is 4.50. The molecule has 3 N–H and O–H groups in total. The summed E-state index contributed by atoms with van der Waals surface area (Å²) in [7, 11) is 3.26. The van der Waals surface area contributed by atoms with Crippen LogP contribution in [-0.2, 0) is 4.74 Å². The number of nitrogen functional groups attached to an aromatic ring is 1. The molecule has 1 amide bonds. The van der Waals surface area contributed by atoms with Crippen molar-refractivity contribution in [3.05, 3.63) is 59.5 Å². The van der Waals surface area contributed by atoms with Crippen LogP contribution in [-0.4, -0.2) is 69.4 Å². The monoisotopic (exact) mass is 518 g/mol. The number of morpholine rings is 1. The zero-order valence-electron chi connectivity index (χ0n) is 21.0. The number of fused-ring (bicyclic) bond motifs is 1. The molecule has 0 atom stereocenters. The average Bonchev–Trinajstić information content (AvgIpc) is 3.29. The van der Waals surface area contributed by atoms with Gasteiger partial charge in [-0.25, -0.2) is 4.98 Å². The average molecular weight is 519 g/mol. The van der Waals surface area contributed by atoms with Gasteiger partial charge in [0.1, 0.15) is 21.2 Å². The second-order valence-corrected chi connectivity index (χ2v) is 9.72. The van der Waals surface area contributed by atoms with Crippen LogP contribution in [0.25, 0.3) is 32.6 Å². The van der Waals surface area contributed by atoms with E-state index in [2.05, 4.69) is 10.2 Å². The molecule has 1 aliphatic heterocycles.